The molecule has 1 amide bonds. The van der Waals surface area contributed by atoms with Crippen molar-refractivity contribution in [3.05, 3.63) is 84.4 Å². The fraction of sp³-hybridized carbons (Fsp3) is 0.483. The van der Waals surface area contributed by atoms with E-state index in [1.807, 2.05) is 80.6 Å². The first kappa shape index (κ1) is 26.4. The van der Waals surface area contributed by atoms with E-state index < -0.39 is 12.1 Å². The Hall–Kier alpha value is -2.71. The molecule has 36 heavy (non-hydrogen) atoms. The third kappa shape index (κ3) is 6.73. The third-order valence-corrected chi connectivity index (χ3v) is 6.56. The van der Waals surface area contributed by atoms with Crippen LogP contribution in [0.4, 0.5) is 4.79 Å². The molecular formula is C29H37NO6. The van der Waals surface area contributed by atoms with Gasteiger partial charge >= 0.3 is 6.09 Å². The molecule has 0 aromatic heterocycles. The van der Waals surface area contributed by atoms with E-state index in [1.54, 1.807) is 12.0 Å². The molecule has 7 nitrogen and oxygen atoms in total. The molecule has 2 heterocycles. The minimum absolute atomic E-state index is 0.0871. The SMILES string of the molecule is C=CC[C@@H](C[C@H]1O[C@@H](OC)[C@H]2OC(C)(C)OC12)CN(Cc1ccccc1)C(=O)OCc1ccccc1. The summed E-state index contributed by atoms with van der Waals surface area (Å²) in [7, 11) is 1.62. The Labute approximate surface area is 213 Å². The van der Waals surface area contributed by atoms with Crippen molar-refractivity contribution in [1.82, 2.24) is 4.90 Å². The average Bonchev–Trinajstić information content (AvgIpc) is 3.36. The predicted molar refractivity (Wildman–Crippen MR) is 136 cm³/mol. The number of carbonyl (C=O) groups excluding carboxylic acids is 1. The van der Waals surface area contributed by atoms with Gasteiger partial charge in [-0.2, -0.15) is 0 Å². The quantitative estimate of drug-likeness (QED) is 0.394. The van der Waals surface area contributed by atoms with E-state index in [1.165, 1.54) is 0 Å². The molecule has 2 saturated heterocycles. The number of benzene rings is 2. The van der Waals surface area contributed by atoms with Crippen molar-refractivity contribution >= 4 is 6.09 Å². The van der Waals surface area contributed by atoms with Crippen molar-refractivity contribution in [2.45, 2.75) is 70.2 Å². The number of rotatable bonds is 11. The van der Waals surface area contributed by atoms with Gasteiger partial charge in [0.2, 0.25) is 0 Å². The number of nitrogens with zero attached hydrogens (tertiary/aromatic N) is 1. The Morgan fingerprint density at radius 3 is 2.33 bits per heavy atom. The lowest BCUT2D eigenvalue weighted by atomic mass is 9.94. The maximum Gasteiger partial charge on any atom is 0.410 e. The summed E-state index contributed by atoms with van der Waals surface area (Å²) in [5.41, 5.74) is 1.99. The van der Waals surface area contributed by atoms with Gasteiger partial charge in [0.15, 0.2) is 12.1 Å². The van der Waals surface area contributed by atoms with Crippen LogP contribution in [0.25, 0.3) is 0 Å². The second-order valence-corrected chi connectivity index (χ2v) is 9.88. The van der Waals surface area contributed by atoms with Crippen molar-refractivity contribution in [2.24, 2.45) is 5.92 Å². The first-order chi connectivity index (χ1) is 17.4. The largest absolute Gasteiger partial charge is 0.445 e. The van der Waals surface area contributed by atoms with E-state index in [0.29, 0.717) is 19.5 Å². The van der Waals surface area contributed by atoms with E-state index in [-0.39, 0.29) is 36.9 Å². The molecule has 1 unspecified atom stereocenters. The van der Waals surface area contributed by atoms with Gasteiger partial charge in [0.05, 0.1) is 6.10 Å². The van der Waals surface area contributed by atoms with Crippen LogP contribution >= 0.6 is 0 Å². The second-order valence-electron chi connectivity index (χ2n) is 9.88. The van der Waals surface area contributed by atoms with Crippen molar-refractivity contribution < 1.29 is 28.5 Å². The summed E-state index contributed by atoms with van der Waals surface area (Å²) in [6.45, 7) is 8.93. The number of amides is 1. The molecule has 0 saturated carbocycles. The fourth-order valence-corrected chi connectivity index (χ4v) is 4.96. The minimum Gasteiger partial charge on any atom is -0.445 e. The first-order valence-electron chi connectivity index (χ1n) is 12.5. The second kappa shape index (κ2) is 12.0. The average molecular weight is 496 g/mol. The molecule has 2 aromatic carbocycles. The standard InChI is InChI=1S/C29H37NO6/c1-5-12-23(17-24-25-26(27(32-4)34-24)36-29(2,3)35-25)19-30(18-21-13-8-6-9-14-21)28(31)33-20-22-15-10-7-11-16-22/h5-11,13-16,23-27H,1,12,17-20H2,2-4H3/t23-,24+,25?,26-,27+/m0/s1. The van der Waals surface area contributed by atoms with E-state index in [2.05, 4.69) is 6.58 Å². The maximum absolute atomic E-state index is 13.2. The van der Waals surface area contributed by atoms with Gasteiger partial charge in [0.25, 0.3) is 0 Å². The van der Waals surface area contributed by atoms with E-state index >= 15 is 0 Å². The van der Waals surface area contributed by atoms with Crippen molar-refractivity contribution in [2.75, 3.05) is 13.7 Å². The summed E-state index contributed by atoms with van der Waals surface area (Å²) in [5.74, 6) is -0.605. The van der Waals surface area contributed by atoms with Crippen LogP contribution in [-0.4, -0.2) is 55.0 Å². The number of ether oxygens (including phenoxy) is 5. The number of hydrogen-bond donors (Lipinski definition) is 0. The van der Waals surface area contributed by atoms with E-state index in [0.717, 1.165) is 17.5 Å². The van der Waals surface area contributed by atoms with Gasteiger partial charge in [-0.05, 0) is 43.7 Å². The smallest absolute Gasteiger partial charge is 0.410 e. The lowest BCUT2D eigenvalue weighted by molar-refractivity contribution is -0.228. The highest BCUT2D eigenvalue weighted by Gasteiger charge is 2.55. The molecule has 0 aliphatic carbocycles. The molecule has 0 radical (unpaired) electrons. The van der Waals surface area contributed by atoms with Gasteiger partial charge < -0.3 is 28.6 Å². The van der Waals surface area contributed by atoms with Crippen LogP contribution in [0.3, 0.4) is 0 Å². The lowest BCUT2D eigenvalue weighted by Gasteiger charge is -2.30. The van der Waals surface area contributed by atoms with Crippen LogP contribution in [-0.2, 0) is 36.8 Å². The molecular weight excluding hydrogens is 458 g/mol. The summed E-state index contributed by atoms with van der Waals surface area (Å²) in [5, 5.41) is 0. The van der Waals surface area contributed by atoms with Crippen molar-refractivity contribution in [3.8, 4) is 0 Å². The summed E-state index contributed by atoms with van der Waals surface area (Å²) in [6, 6.07) is 19.6. The summed E-state index contributed by atoms with van der Waals surface area (Å²) in [6.07, 6.45) is 1.71. The van der Waals surface area contributed by atoms with Crippen LogP contribution < -0.4 is 0 Å². The number of hydrogen-bond acceptors (Lipinski definition) is 6. The Bertz CT molecular complexity index is 982. The lowest BCUT2D eigenvalue weighted by Crippen LogP contribution is -2.38. The zero-order chi connectivity index (χ0) is 25.5. The van der Waals surface area contributed by atoms with Gasteiger partial charge in [0, 0.05) is 20.2 Å². The molecule has 2 aromatic rings. The minimum atomic E-state index is -0.692. The van der Waals surface area contributed by atoms with Crippen molar-refractivity contribution in [3.63, 3.8) is 0 Å². The number of fused-ring (bicyclic) bond motifs is 1. The van der Waals surface area contributed by atoms with Crippen LogP contribution in [0.15, 0.2) is 73.3 Å². The first-order valence-corrected chi connectivity index (χ1v) is 12.5. The monoisotopic (exact) mass is 495 g/mol. The Morgan fingerprint density at radius 2 is 1.69 bits per heavy atom. The van der Waals surface area contributed by atoms with Gasteiger partial charge in [-0.15, -0.1) is 6.58 Å². The highest BCUT2D eigenvalue weighted by Crippen LogP contribution is 2.41. The van der Waals surface area contributed by atoms with Crippen LogP contribution in [0.2, 0.25) is 0 Å². The molecule has 4 rings (SSSR count). The molecule has 7 heteroatoms. The maximum atomic E-state index is 13.2. The van der Waals surface area contributed by atoms with Gasteiger partial charge in [-0.3, -0.25) is 0 Å². The molecule has 194 valence electrons. The molecule has 0 N–H and O–H groups in total. The molecule has 2 fully saturated rings. The van der Waals surface area contributed by atoms with Crippen LogP contribution in [0, 0.1) is 5.92 Å². The van der Waals surface area contributed by atoms with Crippen molar-refractivity contribution in [1.29, 1.82) is 0 Å². The highest BCUT2D eigenvalue weighted by molar-refractivity contribution is 5.67. The number of methoxy groups -OCH3 is 1. The number of allylic oxidation sites excluding steroid dienone is 1. The van der Waals surface area contributed by atoms with E-state index in [9.17, 15) is 4.79 Å². The third-order valence-electron chi connectivity index (χ3n) is 6.56. The fourth-order valence-electron chi connectivity index (χ4n) is 4.96. The topological polar surface area (TPSA) is 66.5 Å². The van der Waals surface area contributed by atoms with Gasteiger partial charge in [0.1, 0.15) is 18.8 Å². The summed E-state index contributed by atoms with van der Waals surface area (Å²) in [4.78, 5) is 15.0. The molecule has 5 atom stereocenters. The molecule has 2 aliphatic heterocycles. The predicted octanol–water partition coefficient (Wildman–Crippen LogP) is 5.30. The summed E-state index contributed by atoms with van der Waals surface area (Å²) < 4.78 is 29.6. The highest BCUT2D eigenvalue weighted by atomic mass is 16.8. The zero-order valence-corrected chi connectivity index (χ0v) is 21.4. The summed E-state index contributed by atoms with van der Waals surface area (Å²) >= 11 is 0. The van der Waals surface area contributed by atoms with Crippen LogP contribution in [0.1, 0.15) is 37.8 Å². The molecule has 2 aliphatic rings. The Balaban J connectivity index is 1.46. The van der Waals surface area contributed by atoms with Crippen LogP contribution in [0.5, 0.6) is 0 Å². The Morgan fingerprint density at radius 1 is 1.06 bits per heavy atom. The van der Waals surface area contributed by atoms with Gasteiger partial charge in [-0.1, -0.05) is 66.7 Å². The van der Waals surface area contributed by atoms with Gasteiger partial charge in [-0.25, -0.2) is 4.79 Å². The van der Waals surface area contributed by atoms with E-state index in [4.69, 9.17) is 23.7 Å². The molecule has 0 bridgehead atoms. The zero-order valence-electron chi connectivity index (χ0n) is 21.4. The molecule has 0 spiro atoms. The number of carbonyl (C=O) groups is 1. The normalized spacial score (nSPS) is 25.2. The Kier molecular flexibility index (Phi) is 8.80.